The van der Waals surface area contributed by atoms with Crippen molar-refractivity contribution >= 4 is 28.8 Å². The third-order valence-electron chi connectivity index (χ3n) is 4.45. The molecule has 0 spiro atoms. The minimum absolute atomic E-state index is 0.122. The van der Waals surface area contributed by atoms with Gasteiger partial charge in [0.1, 0.15) is 6.04 Å². The number of para-hydroxylation sites is 1. The monoisotopic (exact) mass is 332 g/mol. The van der Waals surface area contributed by atoms with Crippen molar-refractivity contribution in [2.45, 2.75) is 30.8 Å². The number of hydrogen-bond donors (Lipinski definition) is 5. The lowest BCUT2D eigenvalue weighted by molar-refractivity contribution is -0.149. The molecule has 1 aliphatic rings. The van der Waals surface area contributed by atoms with Gasteiger partial charge in [-0.05, 0) is 18.1 Å². The molecule has 8 heteroatoms. The molecule has 8 nitrogen and oxygen atoms in total. The Bertz CT molecular complexity index is 842. The number of fused-ring (bicyclic) bond motifs is 3. The largest absolute Gasteiger partial charge is 0.481 e. The fraction of sp³-hybridized carbons (Fsp3) is 0.312. The summed E-state index contributed by atoms with van der Waals surface area (Å²) in [5, 5.41) is 31.5. The molecule has 1 aromatic heterocycles. The van der Waals surface area contributed by atoms with Crippen LogP contribution in [0.2, 0.25) is 0 Å². The number of H-pyrrole nitrogens is 1. The van der Waals surface area contributed by atoms with E-state index in [0.717, 1.165) is 5.39 Å². The fourth-order valence-corrected chi connectivity index (χ4v) is 3.32. The Kier molecular flexibility index (Phi) is 3.76. The van der Waals surface area contributed by atoms with Crippen molar-refractivity contribution in [1.29, 1.82) is 0 Å². The third-order valence-corrected chi connectivity index (χ3v) is 4.45. The van der Waals surface area contributed by atoms with Crippen LogP contribution >= 0.6 is 0 Å². The normalized spacial score (nSPS) is 22.9. The maximum Gasteiger partial charge on any atom is 0.330 e. The van der Waals surface area contributed by atoms with Crippen LogP contribution in [-0.4, -0.2) is 44.3 Å². The molecule has 0 amide bonds. The van der Waals surface area contributed by atoms with Gasteiger partial charge in [-0.2, -0.15) is 0 Å². The molecule has 3 rings (SSSR count). The Labute approximate surface area is 136 Å². The van der Waals surface area contributed by atoms with E-state index in [0.29, 0.717) is 16.8 Å². The minimum atomic E-state index is -1.78. The molecule has 24 heavy (non-hydrogen) atoms. The van der Waals surface area contributed by atoms with E-state index in [9.17, 15) is 24.6 Å². The number of aromatic amines is 1. The molecule has 0 fully saturated rings. The van der Waals surface area contributed by atoms with Crippen LogP contribution < -0.4 is 5.32 Å². The molecule has 0 aliphatic carbocycles. The van der Waals surface area contributed by atoms with Crippen LogP contribution in [0.15, 0.2) is 24.3 Å². The van der Waals surface area contributed by atoms with Crippen molar-refractivity contribution in [3.8, 4) is 0 Å². The van der Waals surface area contributed by atoms with E-state index in [1.807, 2.05) is 0 Å². The van der Waals surface area contributed by atoms with E-state index in [-0.39, 0.29) is 12.8 Å². The van der Waals surface area contributed by atoms with Gasteiger partial charge in [0.05, 0.1) is 5.69 Å². The first-order valence-corrected chi connectivity index (χ1v) is 7.41. The Hall–Kier alpha value is -2.87. The van der Waals surface area contributed by atoms with Crippen LogP contribution in [-0.2, 0) is 26.3 Å². The molecule has 0 bridgehead atoms. The zero-order chi connectivity index (χ0) is 17.5. The van der Waals surface area contributed by atoms with Gasteiger partial charge in [0.25, 0.3) is 0 Å². The highest BCUT2D eigenvalue weighted by molar-refractivity contribution is 5.92. The SMILES string of the molecule is O=C(O)CC[C@]1(C(=O)O)N[C@H](C(=O)O)Cc2c1[nH]c1ccccc21. The lowest BCUT2D eigenvalue weighted by Gasteiger charge is -2.37. The van der Waals surface area contributed by atoms with Gasteiger partial charge in [0.15, 0.2) is 5.54 Å². The van der Waals surface area contributed by atoms with Crippen molar-refractivity contribution < 1.29 is 29.7 Å². The third kappa shape index (κ3) is 2.41. The molecule has 2 heterocycles. The summed E-state index contributed by atoms with van der Waals surface area (Å²) >= 11 is 0. The van der Waals surface area contributed by atoms with Crippen molar-refractivity contribution in [3.63, 3.8) is 0 Å². The summed E-state index contributed by atoms with van der Waals surface area (Å²) in [7, 11) is 0. The van der Waals surface area contributed by atoms with Crippen molar-refractivity contribution in [3.05, 3.63) is 35.5 Å². The van der Waals surface area contributed by atoms with Gasteiger partial charge in [0, 0.05) is 23.7 Å². The van der Waals surface area contributed by atoms with Gasteiger partial charge >= 0.3 is 17.9 Å². The standard InChI is InChI=1S/C16H16N2O6/c19-12(20)5-6-16(15(23)24)13-9(7-11(18-16)14(21)22)8-3-1-2-4-10(8)17-13/h1-4,11,17-18H,5-7H2,(H,19,20)(H,21,22)(H,23,24)/t11-,16-/m0/s1. The Morgan fingerprint density at radius 1 is 1.17 bits per heavy atom. The van der Waals surface area contributed by atoms with E-state index < -0.39 is 35.9 Å². The fourth-order valence-electron chi connectivity index (χ4n) is 3.32. The number of carbonyl (C=O) groups is 3. The number of aromatic nitrogens is 1. The van der Waals surface area contributed by atoms with E-state index in [1.165, 1.54) is 0 Å². The topological polar surface area (TPSA) is 140 Å². The van der Waals surface area contributed by atoms with Gasteiger partial charge in [-0.1, -0.05) is 18.2 Å². The molecule has 2 aromatic rings. The molecular weight excluding hydrogens is 316 g/mol. The maximum absolute atomic E-state index is 12.0. The molecule has 5 N–H and O–H groups in total. The maximum atomic E-state index is 12.0. The number of benzene rings is 1. The molecular formula is C16H16N2O6. The lowest BCUT2D eigenvalue weighted by atomic mass is 9.80. The Balaban J connectivity index is 2.22. The van der Waals surface area contributed by atoms with Gasteiger partial charge in [0.2, 0.25) is 0 Å². The highest BCUT2D eigenvalue weighted by Crippen LogP contribution is 2.38. The number of carboxylic acids is 3. The summed E-state index contributed by atoms with van der Waals surface area (Å²) in [6, 6.07) is 6.02. The predicted molar refractivity (Wildman–Crippen MR) is 82.7 cm³/mol. The van der Waals surface area contributed by atoms with Crippen LogP contribution in [0, 0.1) is 0 Å². The second-order valence-electron chi connectivity index (χ2n) is 5.87. The van der Waals surface area contributed by atoms with Gasteiger partial charge < -0.3 is 20.3 Å². The first-order valence-electron chi connectivity index (χ1n) is 7.41. The molecule has 126 valence electrons. The van der Waals surface area contributed by atoms with Crippen LogP contribution in [0.5, 0.6) is 0 Å². The van der Waals surface area contributed by atoms with Crippen molar-refractivity contribution in [1.82, 2.24) is 10.3 Å². The van der Waals surface area contributed by atoms with Gasteiger partial charge in [-0.3, -0.25) is 14.9 Å². The van der Waals surface area contributed by atoms with E-state index in [1.54, 1.807) is 24.3 Å². The predicted octanol–water partition coefficient (Wildman–Crippen LogP) is 0.912. The summed E-state index contributed by atoms with van der Waals surface area (Å²) in [5.41, 5.74) is -0.163. The average molecular weight is 332 g/mol. The minimum Gasteiger partial charge on any atom is -0.481 e. The molecule has 2 atom stereocenters. The summed E-state index contributed by atoms with van der Waals surface area (Å²) in [5.74, 6) is -3.62. The Morgan fingerprint density at radius 2 is 1.88 bits per heavy atom. The van der Waals surface area contributed by atoms with E-state index in [2.05, 4.69) is 10.3 Å². The van der Waals surface area contributed by atoms with Crippen LogP contribution in [0.3, 0.4) is 0 Å². The first-order chi connectivity index (χ1) is 11.3. The van der Waals surface area contributed by atoms with Crippen LogP contribution in [0.1, 0.15) is 24.1 Å². The summed E-state index contributed by atoms with van der Waals surface area (Å²) in [6.07, 6.45) is -0.543. The smallest absolute Gasteiger partial charge is 0.330 e. The molecule has 0 saturated carbocycles. The first kappa shape index (κ1) is 16.0. The molecule has 0 saturated heterocycles. The van der Waals surface area contributed by atoms with Crippen molar-refractivity contribution in [2.24, 2.45) is 0 Å². The van der Waals surface area contributed by atoms with Crippen LogP contribution in [0.25, 0.3) is 10.9 Å². The second kappa shape index (κ2) is 5.64. The number of rotatable bonds is 5. The number of carboxylic acid groups (broad SMARTS) is 3. The summed E-state index contributed by atoms with van der Waals surface area (Å²) < 4.78 is 0. The molecule has 0 unspecified atom stereocenters. The van der Waals surface area contributed by atoms with Gasteiger partial charge in [-0.15, -0.1) is 0 Å². The van der Waals surface area contributed by atoms with E-state index >= 15 is 0 Å². The molecule has 0 radical (unpaired) electrons. The van der Waals surface area contributed by atoms with E-state index in [4.69, 9.17) is 5.11 Å². The average Bonchev–Trinajstić information content (AvgIpc) is 2.91. The second-order valence-corrected chi connectivity index (χ2v) is 5.87. The lowest BCUT2D eigenvalue weighted by Crippen LogP contribution is -2.59. The number of aliphatic carboxylic acids is 3. The quantitative estimate of drug-likeness (QED) is 0.548. The zero-order valence-corrected chi connectivity index (χ0v) is 12.6. The highest BCUT2D eigenvalue weighted by atomic mass is 16.4. The molecule has 1 aromatic carbocycles. The molecule has 1 aliphatic heterocycles. The summed E-state index contributed by atoms with van der Waals surface area (Å²) in [4.78, 5) is 37.5. The number of hydrogen-bond acceptors (Lipinski definition) is 4. The zero-order valence-electron chi connectivity index (χ0n) is 12.6. The Morgan fingerprint density at radius 3 is 2.50 bits per heavy atom. The van der Waals surface area contributed by atoms with Crippen LogP contribution in [0.4, 0.5) is 0 Å². The van der Waals surface area contributed by atoms with Crippen molar-refractivity contribution in [2.75, 3.05) is 0 Å². The summed E-state index contributed by atoms with van der Waals surface area (Å²) in [6.45, 7) is 0. The highest BCUT2D eigenvalue weighted by Gasteiger charge is 2.49. The number of nitrogens with one attached hydrogen (secondary N) is 2. The van der Waals surface area contributed by atoms with Gasteiger partial charge in [-0.25, -0.2) is 4.79 Å².